The summed E-state index contributed by atoms with van der Waals surface area (Å²) in [6.45, 7) is 10.7. The van der Waals surface area contributed by atoms with E-state index < -0.39 is 5.66 Å². The molecule has 2 aliphatic rings. The van der Waals surface area contributed by atoms with Crippen LogP contribution >= 0.6 is 47.2 Å². The molecule has 0 spiro atoms. The zero-order valence-corrected chi connectivity index (χ0v) is 31.8. The number of rotatable bonds is 9. The van der Waals surface area contributed by atoms with E-state index in [4.69, 9.17) is 44.4 Å². The van der Waals surface area contributed by atoms with Gasteiger partial charge in [-0.05, 0) is 65.4 Å². The molecule has 2 heterocycles. The lowest BCUT2D eigenvalue weighted by Crippen LogP contribution is -2.62. The van der Waals surface area contributed by atoms with Crippen LogP contribution in [0.3, 0.4) is 0 Å². The normalized spacial score (nSPS) is 21.3. The number of ether oxygens (including phenoxy) is 1. The monoisotopic (exact) mass is 751 g/mol. The van der Waals surface area contributed by atoms with Crippen LogP contribution in [0.25, 0.3) is 0 Å². The van der Waals surface area contributed by atoms with E-state index in [1.165, 1.54) is 12.2 Å². The van der Waals surface area contributed by atoms with Gasteiger partial charge < -0.3 is 9.64 Å². The average molecular weight is 754 g/mol. The van der Waals surface area contributed by atoms with Crippen LogP contribution in [0.5, 0.6) is 5.75 Å². The third-order valence-electron chi connectivity index (χ3n) is 9.08. The first kappa shape index (κ1) is 39.2. The van der Waals surface area contributed by atoms with Gasteiger partial charge in [0.25, 0.3) is 11.8 Å². The van der Waals surface area contributed by atoms with Crippen LogP contribution in [0.1, 0.15) is 62.0 Å². The summed E-state index contributed by atoms with van der Waals surface area (Å²) in [7, 11) is 3.05. The van der Waals surface area contributed by atoms with Crippen molar-refractivity contribution >= 4 is 59.0 Å². The summed E-state index contributed by atoms with van der Waals surface area (Å²) in [6, 6.07) is 18.4. The lowest BCUT2D eigenvalue weighted by molar-refractivity contribution is -0.170. The van der Waals surface area contributed by atoms with Gasteiger partial charge in [0.15, 0.2) is 5.66 Å². The van der Waals surface area contributed by atoms with Crippen molar-refractivity contribution in [3.05, 3.63) is 98.0 Å². The summed E-state index contributed by atoms with van der Waals surface area (Å²) >= 11 is 19.7. The van der Waals surface area contributed by atoms with Gasteiger partial charge in [-0.2, -0.15) is 0 Å². The molecule has 0 saturated carbocycles. The fraction of sp³-hybridized carbons (Fsp3) is 0.444. The lowest BCUT2D eigenvalue weighted by atomic mass is 9.84. The molecular weight excluding hydrogens is 708 g/mol. The molecule has 13 heteroatoms. The highest BCUT2D eigenvalue weighted by molar-refractivity contribution is 6.32. The molecule has 9 nitrogen and oxygen atoms in total. The lowest BCUT2D eigenvalue weighted by Gasteiger charge is -2.41. The van der Waals surface area contributed by atoms with E-state index in [0.717, 1.165) is 16.7 Å². The Morgan fingerprint density at radius 3 is 1.86 bits per heavy atom. The molecule has 1 unspecified atom stereocenters. The first-order valence-corrected chi connectivity index (χ1v) is 17.3. The van der Waals surface area contributed by atoms with E-state index >= 15 is 4.79 Å². The Hall–Kier alpha value is -2.60. The van der Waals surface area contributed by atoms with Gasteiger partial charge >= 0.3 is 0 Å². The molecule has 0 aliphatic carbocycles. The second-order valence-electron chi connectivity index (χ2n) is 13.3. The summed E-state index contributed by atoms with van der Waals surface area (Å²) in [4.78, 5) is 36.6. The number of carbonyl (C=O) groups excluding carboxylic acids is 2. The van der Waals surface area contributed by atoms with E-state index in [-0.39, 0.29) is 48.3 Å². The fourth-order valence-corrected chi connectivity index (χ4v) is 7.09. The Labute approximate surface area is 310 Å². The molecule has 2 fully saturated rings. The van der Waals surface area contributed by atoms with Crippen molar-refractivity contribution in [3.63, 3.8) is 0 Å². The van der Waals surface area contributed by atoms with Gasteiger partial charge in [0.2, 0.25) is 0 Å². The molecule has 266 valence electrons. The predicted octanol–water partition coefficient (Wildman–Crippen LogP) is 6.76. The van der Waals surface area contributed by atoms with Crippen molar-refractivity contribution in [2.75, 3.05) is 53.5 Å². The minimum atomic E-state index is -1.44. The first-order chi connectivity index (χ1) is 22.8. The molecule has 3 atom stereocenters. The van der Waals surface area contributed by atoms with Crippen molar-refractivity contribution in [1.82, 2.24) is 25.5 Å². The van der Waals surface area contributed by atoms with E-state index in [1.807, 2.05) is 77.4 Å². The molecular formula is C36H45Cl4N5O4. The van der Waals surface area contributed by atoms with Gasteiger partial charge in [0.05, 0.1) is 32.3 Å². The van der Waals surface area contributed by atoms with Gasteiger partial charge in [-0.15, -0.1) is 12.4 Å². The standard InChI is InChI=1S/C36H44Cl3N5O4.ClH/c1-7-48-30-21-27(35(2,3)4)29(39)20-28(30)36(34(46)44-18-16-43(17-19-44)22-31(45)42(5)47-6)40-32(23-8-12-25(37)13-9-23)33(41-36)24-10-14-26(38)15-11-24;/h8-15,20-21,32-33,40-41H,7,16-19,22H2,1-6H3;1H/t32-,33+,36?;. The number of piperazine rings is 1. The average Bonchev–Trinajstić information content (AvgIpc) is 3.47. The highest BCUT2D eigenvalue weighted by Crippen LogP contribution is 2.47. The molecule has 0 aromatic heterocycles. The van der Waals surface area contributed by atoms with E-state index in [2.05, 4.69) is 31.4 Å². The van der Waals surface area contributed by atoms with Crippen molar-refractivity contribution < 1.29 is 19.2 Å². The molecule has 2 N–H and O–H groups in total. The number of benzene rings is 3. The summed E-state index contributed by atoms with van der Waals surface area (Å²) < 4.78 is 6.30. The number of likely N-dealkylation sites (N-methyl/N-ethyl adjacent to an activating group) is 1. The van der Waals surface area contributed by atoms with E-state index in [9.17, 15) is 4.79 Å². The molecule has 5 rings (SSSR count). The first-order valence-electron chi connectivity index (χ1n) is 16.1. The van der Waals surface area contributed by atoms with Crippen LogP contribution in [-0.4, -0.2) is 80.2 Å². The van der Waals surface area contributed by atoms with Crippen LogP contribution in [-0.2, 0) is 25.5 Å². The molecule has 2 amide bonds. The van der Waals surface area contributed by atoms with Crippen molar-refractivity contribution in [1.29, 1.82) is 0 Å². The quantitative estimate of drug-likeness (QED) is 0.234. The number of carbonyl (C=O) groups is 2. The van der Waals surface area contributed by atoms with Gasteiger partial charge in [0, 0.05) is 53.9 Å². The van der Waals surface area contributed by atoms with Gasteiger partial charge in [-0.25, -0.2) is 5.06 Å². The fourth-order valence-electron chi connectivity index (χ4n) is 6.40. The molecule has 0 bridgehead atoms. The number of amides is 2. The van der Waals surface area contributed by atoms with Crippen molar-refractivity contribution in [3.8, 4) is 5.75 Å². The van der Waals surface area contributed by atoms with E-state index in [0.29, 0.717) is 59.2 Å². The summed E-state index contributed by atoms with van der Waals surface area (Å²) in [6.07, 6.45) is 0. The number of hydroxylamine groups is 2. The topological polar surface area (TPSA) is 86.4 Å². The van der Waals surface area contributed by atoms with Crippen molar-refractivity contribution in [2.24, 2.45) is 0 Å². The number of nitrogens with one attached hydrogen (secondary N) is 2. The molecule has 3 aromatic rings. The predicted molar refractivity (Wildman–Crippen MR) is 198 cm³/mol. The number of hydrogen-bond acceptors (Lipinski definition) is 7. The van der Waals surface area contributed by atoms with Crippen LogP contribution in [0.4, 0.5) is 0 Å². The van der Waals surface area contributed by atoms with Crippen LogP contribution in [0.15, 0.2) is 60.7 Å². The highest BCUT2D eigenvalue weighted by Gasteiger charge is 2.55. The zero-order chi connectivity index (χ0) is 34.8. The molecule has 2 aliphatic heterocycles. The molecule has 49 heavy (non-hydrogen) atoms. The maximum atomic E-state index is 15.2. The molecule has 3 aromatic carbocycles. The highest BCUT2D eigenvalue weighted by atomic mass is 35.5. The molecule has 2 saturated heterocycles. The van der Waals surface area contributed by atoms with E-state index in [1.54, 1.807) is 7.05 Å². The molecule has 0 radical (unpaired) electrons. The Bertz CT molecular complexity index is 1560. The third kappa shape index (κ3) is 8.48. The Morgan fingerprint density at radius 1 is 0.898 bits per heavy atom. The minimum Gasteiger partial charge on any atom is -0.493 e. The SMILES string of the molecule is CCOc1cc(C(C)(C)C)c(Cl)cc1C1(C(=O)N2CCN(CC(=O)N(C)OC)CC2)N[C@H](c2ccc(Cl)cc2)[C@H](c2ccc(Cl)cc2)N1.Cl. The summed E-state index contributed by atoms with van der Waals surface area (Å²) in [5.41, 5.74) is 1.71. The number of hydrogen-bond donors (Lipinski definition) is 2. The largest absolute Gasteiger partial charge is 0.493 e. The Kier molecular flexibility index (Phi) is 12.9. The van der Waals surface area contributed by atoms with Gasteiger partial charge in [0.1, 0.15) is 5.75 Å². The maximum Gasteiger partial charge on any atom is 0.262 e. The van der Waals surface area contributed by atoms with Crippen LogP contribution in [0.2, 0.25) is 15.1 Å². The van der Waals surface area contributed by atoms with Gasteiger partial charge in [-0.3, -0.25) is 30.0 Å². The Morgan fingerprint density at radius 2 is 1.41 bits per heavy atom. The summed E-state index contributed by atoms with van der Waals surface area (Å²) in [5, 5.41) is 10.5. The maximum absolute atomic E-state index is 15.2. The third-order valence-corrected chi connectivity index (χ3v) is 9.90. The minimum absolute atomic E-state index is 0. The second-order valence-corrected chi connectivity index (χ2v) is 14.5. The zero-order valence-electron chi connectivity index (χ0n) is 28.7. The van der Waals surface area contributed by atoms with Crippen LogP contribution < -0.4 is 15.4 Å². The smallest absolute Gasteiger partial charge is 0.262 e. The number of halogens is 4. The van der Waals surface area contributed by atoms with Gasteiger partial charge in [-0.1, -0.05) is 79.8 Å². The Balaban J connectivity index is 0.00000541. The second kappa shape index (κ2) is 16.2. The van der Waals surface area contributed by atoms with Crippen molar-refractivity contribution in [2.45, 2.75) is 50.9 Å². The summed E-state index contributed by atoms with van der Waals surface area (Å²) in [5.74, 6) is 0.247. The number of nitrogens with zero attached hydrogens (tertiary/aromatic N) is 3. The van der Waals surface area contributed by atoms with Crippen LogP contribution in [0, 0.1) is 0 Å².